The molecule has 0 amide bonds. The first-order valence-electron chi connectivity index (χ1n) is 5.23. The number of hydrogen-bond acceptors (Lipinski definition) is 3. The topological polar surface area (TPSA) is 24.5 Å². The normalized spacial score (nSPS) is 35.1. The lowest BCUT2D eigenvalue weighted by molar-refractivity contribution is -0.0427. The highest BCUT2D eigenvalue weighted by molar-refractivity contribution is 4.92. The summed E-state index contributed by atoms with van der Waals surface area (Å²) in [5, 5.41) is 3.50. The maximum Gasteiger partial charge on any atom is 0.0628 e. The molecular formula is C10H20N2O. The lowest BCUT2D eigenvalue weighted by Crippen LogP contribution is -2.53. The minimum atomic E-state index is 0.344. The van der Waals surface area contributed by atoms with Crippen LogP contribution in [-0.4, -0.2) is 50.3 Å². The molecule has 0 radical (unpaired) electrons. The molecule has 0 aliphatic carbocycles. The second-order valence-electron chi connectivity index (χ2n) is 4.79. The molecule has 2 fully saturated rings. The fraction of sp³-hybridized carbons (Fsp3) is 1.00. The Morgan fingerprint density at radius 1 is 1.38 bits per heavy atom. The highest BCUT2D eigenvalue weighted by atomic mass is 16.5. The van der Waals surface area contributed by atoms with Crippen molar-refractivity contribution in [3.63, 3.8) is 0 Å². The summed E-state index contributed by atoms with van der Waals surface area (Å²) < 4.78 is 5.56. The molecule has 0 saturated carbocycles. The van der Waals surface area contributed by atoms with E-state index in [2.05, 4.69) is 24.1 Å². The van der Waals surface area contributed by atoms with Crippen LogP contribution in [0, 0.1) is 5.41 Å². The predicted octanol–water partition coefficient (Wildman–Crippen LogP) is 0.317. The van der Waals surface area contributed by atoms with E-state index >= 15 is 0 Å². The molecule has 2 rings (SSSR count). The molecule has 2 heterocycles. The lowest BCUT2D eigenvalue weighted by Gasteiger charge is -2.42. The van der Waals surface area contributed by atoms with Gasteiger partial charge in [0.2, 0.25) is 0 Å². The molecule has 0 aromatic carbocycles. The Bertz CT molecular complexity index is 182. The van der Waals surface area contributed by atoms with Gasteiger partial charge in [0.15, 0.2) is 0 Å². The van der Waals surface area contributed by atoms with Crippen LogP contribution in [0.5, 0.6) is 0 Å². The summed E-state index contributed by atoms with van der Waals surface area (Å²) in [4.78, 5) is 2.57. The van der Waals surface area contributed by atoms with E-state index in [1.165, 1.54) is 6.54 Å². The van der Waals surface area contributed by atoms with Crippen LogP contribution in [0.25, 0.3) is 0 Å². The second kappa shape index (κ2) is 3.56. The van der Waals surface area contributed by atoms with Crippen molar-refractivity contribution in [2.24, 2.45) is 5.41 Å². The van der Waals surface area contributed by atoms with E-state index in [1.807, 2.05) is 0 Å². The van der Waals surface area contributed by atoms with Gasteiger partial charge < -0.3 is 10.1 Å². The van der Waals surface area contributed by atoms with Crippen LogP contribution in [0.1, 0.15) is 13.8 Å². The number of hydrogen-bond donors (Lipinski definition) is 1. The van der Waals surface area contributed by atoms with E-state index in [-0.39, 0.29) is 0 Å². The fourth-order valence-electron chi connectivity index (χ4n) is 2.38. The van der Waals surface area contributed by atoms with E-state index in [9.17, 15) is 0 Å². The summed E-state index contributed by atoms with van der Waals surface area (Å²) in [6.45, 7) is 11.0. The molecule has 2 aliphatic heterocycles. The van der Waals surface area contributed by atoms with Crippen LogP contribution < -0.4 is 5.32 Å². The first kappa shape index (κ1) is 9.44. The number of rotatable bonds is 0. The van der Waals surface area contributed by atoms with Crippen molar-refractivity contribution in [3.05, 3.63) is 0 Å². The number of nitrogens with zero attached hydrogens (tertiary/aromatic N) is 1. The molecule has 0 aromatic heterocycles. The third kappa shape index (κ3) is 1.87. The van der Waals surface area contributed by atoms with Crippen molar-refractivity contribution in [1.29, 1.82) is 0 Å². The van der Waals surface area contributed by atoms with E-state index < -0.39 is 0 Å². The van der Waals surface area contributed by atoms with Gasteiger partial charge in [-0.3, -0.25) is 4.90 Å². The van der Waals surface area contributed by atoms with E-state index in [1.54, 1.807) is 0 Å². The van der Waals surface area contributed by atoms with Gasteiger partial charge in [0.1, 0.15) is 0 Å². The van der Waals surface area contributed by atoms with Crippen molar-refractivity contribution < 1.29 is 4.74 Å². The van der Waals surface area contributed by atoms with Gasteiger partial charge in [-0.25, -0.2) is 0 Å². The van der Waals surface area contributed by atoms with E-state index in [4.69, 9.17) is 4.74 Å². The maximum atomic E-state index is 5.56. The first-order chi connectivity index (χ1) is 6.20. The summed E-state index contributed by atoms with van der Waals surface area (Å²) in [7, 11) is 0. The molecular weight excluding hydrogens is 164 g/mol. The maximum absolute atomic E-state index is 5.56. The van der Waals surface area contributed by atoms with Gasteiger partial charge in [-0.2, -0.15) is 0 Å². The summed E-state index contributed by atoms with van der Waals surface area (Å²) in [5.41, 5.74) is 0.344. The van der Waals surface area contributed by atoms with Gasteiger partial charge in [-0.15, -0.1) is 0 Å². The lowest BCUT2D eigenvalue weighted by atomic mass is 9.83. The van der Waals surface area contributed by atoms with Gasteiger partial charge in [0, 0.05) is 32.2 Å². The third-order valence-corrected chi connectivity index (χ3v) is 3.30. The second-order valence-corrected chi connectivity index (χ2v) is 4.79. The highest BCUT2D eigenvalue weighted by Gasteiger charge is 2.37. The number of ether oxygens (including phenoxy) is 1. The quantitative estimate of drug-likeness (QED) is 0.586. The molecule has 0 bridgehead atoms. The molecule has 0 spiro atoms. The third-order valence-electron chi connectivity index (χ3n) is 3.30. The Hall–Kier alpha value is -0.120. The SMILES string of the molecule is CC1(C)CNCCN2CCOCC21. The molecule has 3 nitrogen and oxygen atoms in total. The smallest absolute Gasteiger partial charge is 0.0628 e. The number of fused-ring (bicyclic) bond motifs is 1. The summed E-state index contributed by atoms with van der Waals surface area (Å²) in [5.74, 6) is 0. The van der Waals surface area contributed by atoms with Crippen LogP contribution in [0.4, 0.5) is 0 Å². The van der Waals surface area contributed by atoms with Crippen molar-refractivity contribution in [2.75, 3.05) is 39.4 Å². The Morgan fingerprint density at radius 3 is 3.08 bits per heavy atom. The monoisotopic (exact) mass is 184 g/mol. The van der Waals surface area contributed by atoms with Gasteiger partial charge >= 0.3 is 0 Å². The average Bonchev–Trinajstić information content (AvgIpc) is 2.26. The molecule has 1 atom stereocenters. The number of morpholine rings is 1. The van der Waals surface area contributed by atoms with Crippen molar-refractivity contribution in [3.8, 4) is 0 Å². The minimum absolute atomic E-state index is 0.344. The molecule has 2 saturated heterocycles. The zero-order valence-electron chi connectivity index (χ0n) is 8.68. The van der Waals surface area contributed by atoms with E-state index in [0.717, 1.165) is 32.8 Å². The van der Waals surface area contributed by atoms with Gasteiger partial charge in [-0.1, -0.05) is 13.8 Å². The van der Waals surface area contributed by atoms with Crippen LogP contribution in [0.3, 0.4) is 0 Å². The first-order valence-corrected chi connectivity index (χ1v) is 5.23. The summed E-state index contributed by atoms with van der Waals surface area (Å²) in [6, 6.07) is 0.608. The highest BCUT2D eigenvalue weighted by Crippen LogP contribution is 2.28. The van der Waals surface area contributed by atoms with Crippen molar-refractivity contribution in [1.82, 2.24) is 10.2 Å². The zero-order chi connectivity index (χ0) is 9.31. The van der Waals surface area contributed by atoms with Gasteiger partial charge in [-0.05, 0) is 5.41 Å². The molecule has 76 valence electrons. The van der Waals surface area contributed by atoms with Crippen molar-refractivity contribution in [2.45, 2.75) is 19.9 Å². The molecule has 0 aromatic rings. The van der Waals surface area contributed by atoms with Crippen LogP contribution in [0.2, 0.25) is 0 Å². The van der Waals surface area contributed by atoms with Crippen LogP contribution in [0.15, 0.2) is 0 Å². The largest absolute Gasteiger partial charge is 0.378 e. The molecule has 3 heteroatoms. The number of nitrogens with one attached hydrogen (secondary N) is 1. The van der Waals surface area contributed by atoms with Crippen LogP contribution in [-0.2, 0) is 4.74 Å². The Kier molecular flexibility index (Phi) is 2.58. The molecule has 13 heavy (non-hydrogen) atoms. The predicted molar refractivity (Wildman–Crippen MR) is 52.8 cm³/mol. The van der Waals surface area contributed by atoms with Crippen molar-refractivity contribution >= 4 is 0 Å². The zero-order valence-corrected chi connectivity index (χ0v) is 8.68. The van der Waals surface area contributed by atoms with Crippen LogP contribution >= 0.6 is 0 Å². The summed E-state index contributed by atoms with van der Waals surface area (Å²) in [6.07, 6.45) is 0. The average molecular weight is 184 g/mol. The van der Waals surface area contributed by atoms with Gasteiger partial charge in [0.25, 0.3) is 0 Å². The molecule has 1 N–H and O–H groups in total. The van der Waals surface area contributed by atoms with Gasteiger partial charge in [0.05, 0.1) is 13.2 Å². The minimum Gasteiger partial charge on any atom is -0.378 e. The molecule has 2 aliphatic rings. The van der Waals surface area contributed by atoms with E-state index in [0.29, 0.717) is 11.5 Å². The fourth-order valence-corrected chi connectivity index (χ4v) is 2.38. The Labute approximate surface area is 80.4 Å². The summed E-state index contributed by atoms with van der Waals surface area (Å²) >= 11 is 0. The molecule has 1 unspecified atom stereocenters. The standard InChI is InChI=1S/C10H20N2O/c1-10(2)8-11-3-4-12-5-6-13-7-9(10)12/h9,11H,3-8H2,1-2H3. The Morgan fingerprint density at radius 2 is 2.23 bits per heavy atom. The Balaban J connectivity index is 2.12.